The number of nitrogens with zero attached hydrogens (tertiary/aromatic N) is 1. The lowest BCUT2D eigenvalue weighted by Gasteiger charge is -2.24. The van der Waals surface area contributed by atoms with Crippen LogP contribution in [0.1, 0.15) is 36.8 Å². The molecule has 2 atom stereocenters. The van der Waals surface area contributed by atoms with E-state index < -0.39 is 29.0 Å². The summed E-state index contributed by atoms with van der Waals surface area (Å²) in [6.45, 7) is 0.567. The van der Waals surface area contributed by atoms with Crippen LogP contribution in [-0.2, 0) is 21.2 Å². The fourth-order valence-corrected chi connectivity index (χ4v) is 4.30. The van der Waals surface area contributed by atoms with Crippen LogP contribution in [0, 0.1) is 17.8 Å². The Hall–Kier alpha value is -2.05. The Bertz CT molecular complexity index is 753. The summed E-state index contributed by atoms with van der Waals surface area (Å²) >= 11 is 0. The lowest BCUT2D eigenvalue weighted by atomic mass is 9.92. The van der Waals surface area contributed by atoms with E-state index in [0.29, 0.717) is 30.9 Å². The Morgan fingerprint density at radius 2 is 1.85 bits per heavy atom. The minimum atomic E-state index is -4.45. The Kier molecular flexibility index (Phi) is 3.82. The Morgan fingerprint density at radius 1 is 1.15 bits per heavy atom. The molecule has 3 fully saturated rings. The van der Waals surface area contributed by atoms with Crippen LogP contribution in [0.5, 0.6) is 0 Å². The number of halogens is 3. The molecule has 0 bridgehead atoms. The van der Waals surface area contributed by atoms with Gasteiger partial charge in [0.2, 0.25) is 5.91 Å². The van der Waals surface area contributed by atoms with Crippen molar-refractivity contribution in [2.24, 2.45) is 17.8 Å². The van der Waals surface area contributed by atoms with Crippen LogP contribution in [0.3, 0.4) is 0 Å². The zero-order chi connectivity index (χ0) is 18.7. The first-order valence-corrected chi connectivity index (χ1v) is 8.92. The fourth-order valence-electron chi connectivity index (χ4n) is 4.30. The summed E-state index contributed by atoms with van der Waals surface area (Å²) in [5.41, 5.74) is -1.28. The number of benzene rings is 1. The second-order valence-electron chi connectivity index (χ2n) is 7.82. The first-order valence-electron chi connectivity index (χ1n) is 8.92. The Balaban J connectivity index is 1.57. The van der Waals surface area contributed by atoms with Crippen molar-refractivity contribution in [3.05, 3.63) is 35.4 Å². The second-order valence-corrected chi connectivity index (χ2v) is 7.82. The summed E-state index contributed by atoms with van der Waals surface area (Å²) in [6, 6.07) is 4.98. The first-order chi connectivity index (χ1) is 12.2. The van der Waals surface area contributed by atoms with Gasteiger partial charge in [0.05, 0.1) is 16.9 Å². The molecule has 1 amide bonds. The quantitative estimate of drug-likeness (QED) is 0.888. The van der Waals surface area contributed by atoms with E-state index in [4.69, 9.17) is 0 Å². The van der Waals surface area contributed by atoms with Gasteiger partial charge in [-0.3, -0.25) is 9.59 Å². The fraction of sp³-hybridized carbons (Fsp3) is 0.579. The number of amides is 1. The van der Waals surface area contributed by atoms with Crippen molar-refractivity contribution >= 4 is 11.9 Å². The molecule has 2 aliphatic carbocycles. The van der Waals surface area contributed by atoms with E-state index in [2.05, 4.69) is 0 Å². The molecule has 4 rings (SSSR count). The average Bonchev–Trinajstić information content (AvgIpc) is 3.51. The van der Waals surface area contributed by atoms with Gasteiger partial charge in [-0.1, -0.05) is 18.2 Å². The van der Waals surface area contributed by atoms with Crippen LogP contribution in [0.25, 0.3) is 0 Å². The van der Waals surface area contributed by atoms with Crippen molar-refractivity contribution in [2.45, 2.75) is 37.3 Å². The maximum Gasteiger partial charge on any atom is 0.416 e. The summed E-state index contributed by atoms with van der Waals surface area (Å²) in [5, 5.41) is 9.46. The number of carbonyl (C=O) groups is 2. The van der Waals surface area contributed by atoms with Crippen molar-refractivity contribution in [2.75, 3.05) is 13.1 Å². The summed E-state index contributed by atoms with van der Waals surface area (Å²) in [7, 11) is 0. The van der Waals surface area contributed by atoms with Crippen LogP contribution >= 0.6 is 0 Å². The van der Waals surface area contributed by atoms with E-state index in [-0.39, 0.29) is 18.4 Å². The molecule has 0 radical (unpaired) electrons. The van der Waals surface area contributed by atoms with Gasteiger partial charge in [0.1, 0.15) is 0 Å². The largest absolute Gasteiger partial charge is 0.481 e. The SMILES string of the molecule is O=C(O)[C@H]1CN(C(=O)C2(c3cccc(C(F)(F)F)c3)CC2)C[C@@H]1C1CC1. The number of alkyl halides is 3. The molecule has 7 heteroatoms. The van der Waals surface area contributed by atoms with E-state index in [1.165, 1.54) is 6.07 Å². The predicted molar refractivity (Wildman–Crippen MR) is 86.3 cm³/mol. The molecule has 1 aromatic rings. The highest BCUT2D eigenvalue weighted by Gasteiger charge is 2.56. The number of aliphatic carboxylic acids is 1. The zero-order valence-electron chi connectivity index (χ0n) is 14.1. The minimum Gasteiger partial charge on any atom is -0.481 e. The molecular weight excluding hydrogens is 347 g/mol. The highest BCUT2D eigenvalue weighted by Crippen LogP contribution is 2.52. The van der Waals surface area contributed by atoms with Gasteiger partial charge in [-0.2, -0.15) is 13.2 Å². The molecule has 1 saturated heterocycles. The summed E-state index contributed by atoms with van der Waals surface area (Å²) in [4.78, 5) is 26.2. The number of likely N-dealkylation sites (tertiary alicyclic amines) is 1. The molecule has 140 valence electrons. The molecule has 0 spiro atoms. The number of carboxylic acid groups (broad SMARTS) is 1. The van der Waals surface area contributed by atoms with Crippen molar-refractivity contribution in [3.63, 3.8) is 0 Å². The van der Waals surface area contributed by atoms with E-state index in [1.807, 2.05) is 0 Å². The average molecular weight is 367 g/mol. The van der Waals surface area contributed by atoms with Crippen molar-refractivity contribution in [1.29, 1.82) is 0 Å². The molecular formula is C19H20F3NO3. The lowest BCUT2D eigenvalue weighted by molar-refractivity contribution is -0.143. The summed E-state index contributed by atoms with van der Waals surface area (Å²) in [5.74, 6) is -1.34. The van der Waals surface area contributed by atoms with Gasteiger partial charge in [0.15, 0.2) is 0 Å². The minimum absolute atomic E-state index is 0.0336. The van der Waals surface area contributed by atoms with Gasteiger partial charge in [-0.05, 0) is 49.1 Å². The van der Waals surface area contributed by atoms with Crippen molar-refractivity contribution in [1.82, 2.24) is 4.90 Å². The van der Waals surface area contributed by atoms with Crippen LogP contribution in [-0.4, -0.2) is 35.0 Å². The molecule has 4 nitrogen and oxygen atoms in total. The molecule has 0 unspecified atom stereocenters. The van der Waals surface area contributed by atoms with Crippen LogP contribution in [0.4, 0.5) is 13.2 Å². The highest BCUT2D eigenvalue weighted by atomic mass is 19.4. The smallest absolute Gasteiger partial charge is 0.416 e. The van der Waals surface area contributed by atoms with Gasteiger partial charge in [0.25, 0.3) is 0 Å². The van der Waals surface area contributed by atoms with Gasteiger partial charge in [-0.15, -0.1) is 0 Å². The predicted octanol–water partition coefficient (Wildman–Crippen LogP) is 3.31. The highest BCUT2D eigenvalue weighted by molar-refractivity contribution is 5.92. The molecule has 1 N–H and O–H groups in total. The number of carbonyl (C=O) groups excluding carboxylic acids is 1. The Morgan fingerprint density at radius 3 is 2.38 bits per heavy atom. The first kappa shape index (κ1) is 17.4. The Labute approximate surface area is 149 Å². The molecule has 3 aliphatic rings. The van der Waals surface area contributed by atoms with E-state index in [0.717, 1.165) is 25.0 Å². The van der Waals surface area contributed by atoms with Crippen LogP contribution in [0.15, 0.2) is 24.3 Å². The van der Waals surface area contributed by atoms with E-state index in [9.17, 15) is 27.9 Å². The topological polar surface area (TPSA) is 57.6 Å². The molecule has 2 saturated carbocycles. The van der Waals surface area contributed by atoms with E-state index in [1.54, 1.807) is 11.0 Å². The van der Waals surface area contributed by atoms with Gasteiger partial charge < -0.3 is 10.0 Å². The molecule has 26 heavy (non-hydrogen) atoms. The zero-order valence-corrected chi connectivity index (χ0v) is 14.1. The lowest BCUT2D eigenvalue weighted by Crippen LogP contribution is -2.38. The maximum absolute atomic E-state index is 13.1. The monoisotopic (exact) mass is 367 g/mol. The van der Waals surface area contributed by atoms with Crippen molar-refractivity contribution in [3.8, 4) is 0 Å². The van der Waals surface area contributed by atoms with Crippen LogP contribution in [0.2, 0.25) is 0 Å². The standard InChI is InChI=1S/C19H20F3NO3/c20-19(21,22)13-3-1-2-12(8-13)18(6-7-18)17(26)23-9-14(11-4-5-11)15(10-23)16(24)25/h1-3,8,11,14-15H,4-7,9-10H2,(H,24,25)/t14-,15+/m1/s1. The number of carboxylic acids is 1. The third-order valence-corrected chi connectivity index (χ3v) is 6.10. The van der Waals surface area contributed by atoms with Crippen LogP contribution < -0.4 is 0 Å². The van der Waals surface area contributed by atoms with Gasteiger partial charge in [-0.25, -0.2) is 0 Å². The normalized spacial score (nSPS) is 27.4. The number of hydrogen-bond donors (Lipinski definition) is 1. The second kappa shape index (κ2) is 5.72. The van der Waals surface area contributed by atoms with E-state index >= 15 is 0 Å². The number of rotatable bonds is 4. The third kappa shape index (κ3) is 2.87. The maximum atomic E-state index is 13.1. The van der Waals surface area contributed by atoms with Crippen molar-refractivity contribution < 1.29 is 27.9 Å². The number of hydrogen-bond acceptors (Lipinski definition) is 2. The third-order valence-electron chi connectivity index (χ3n) is 6.10. The molecule has 1 aliphatic heterocycles. The molecule has 1 heterocycles. The summed E-state index contributed by atoms with van der Waals surface area (Å²) in [6.07, 6.45) is -1.44. The van der Waals surface area contributed by atoms with Gasteiger partial charge >= 0.3 is 12.1 Å². The van der Waals surface area contributed by atoms with Gasteiger partial charge in [0, 0.05) is 13.1 Å². The summed E-state index contributed by atoms with van der Waals surface area (Å²) < 4.78 is 39.0. The molecule has 1 aromatic carbocycles. The molecule has 0 aromatic heterocycles.